The average molecular weight is 415 g/mol. The Labute approximate surface area is 182 Å². The standard InChI is InChI=1S/C26H26N2O3/c1-30-23-15-14-20(18-27-16-8-11-19-9-4-2-5-10-19)22-17-24(31-25(22)23)26(29)28-21-12-6-3-7-13-21/h2-7,9-10,12-15,17,27H,8,11,16,18H2,1H3,(H,28,29). The SMILES string of the molecule is COc1ccc(CNCCCc2ccccc2)c2cc(C(=O)Nc3ccccc3)oc12. The number of para-hydroxylation sites is 1. The number of hydrogen-bond acceptors (Lipinski definition) is 4. The van der Waals surface area contributed by atoms with Gasteiger partial charge in [-0.05, 0) is 54.8 Å². The van der Waals surface area contributed by atoms with Crippen LogP contribution in [0.4, 0.5) is 5.69 Å². The van der Waals surface area contributed by atoms with Crippen molar-refractivity contribution >= 4 is 22.6 Å². The highest BCUT2D eigenvalue weighted by atomic mass is 16.5. The quantitative estimate of drug-likeness (QED) is 0.359. The molecule has 0 fully saturated rings. The normalized spacial score (nSPS) is 10.9. The molecule has 0 unspecified atom stereocenters. The lowest BCUT2D eigenvalue weighted by Gasteiger charge is -2.08. The third-order valence-electron chi connectivity index (χ3n) is 5.19. The van der Waals surface area contributed by atoms with Crippen LogP contribution in [0, 0.1) is 0 Å². The van der Waals surface area contributed by atoms with Crippen LogP contribution in [0.25, 0.3) is 11.0 Å². The maximum Gasteiger partial charge on any atom is 0.291 e. The molecular weight excluding hydrogens is 388 g/mol. The first kappa shape index (κ1) is 20.7. The first-order valence-electron chi connectivity index (χ1n) is 10.4. The molecule has 0 saturated heterocycles. The Balaban J connectivity index is 1.44. The van der Waals surface area contributed by atoms with Crippen molar-refractivity contribution in [2.45, 2.75) is 19.4 Å². The Bertz CT molecular complexity index is 1140. The van der Waals surface area contributed by atoms with Crippen LogP contribution in [0.3, 0.4) is 0 Å². The minimum absolute atomic E-state index is 0.258. The first-order valence-corrected chi connectivity index (χ1v) is 10.4. The summed E-state index contributed by atoms with van der Waals surface area (Å²) in [4.78, 5) is 12.7. The Morgan fingerprint density at radius 2 is 1.71 bits per heavy atom. The first-order chi connectivity index (χ1) is 15.2. The molecule has 0 spiro atoms. The Hall–Kier alpha value is -3.57. The van der Waals surface area contributed by atoms with E-state index in [1.165, 1.54) is 5.56 Å². The lowest BCUT2D eigenvalue weighted by Crippen LogP contribution is -2.15. The number of methoxy groups -OCH3 is 1. The highest BCUT2D eigenvalue weighted by Crippen LogP contribution is 2.32. The van der Waals surface area contributed by atoms with Crippen molar-refractivity contribution in [3.8, 4) is 5.75 Å². The van der Waals surface area contributed by atoms with Crippen molar-refractivity contribution in [2.75, 3.05) is 19.0 Å². The molecular formula is C26H26N2O3. The molecule has 5 heteroatoms. The van der Waals surface area contributed by atoms with E-state index in [2.05, 4.69) is 34.9 Å². The number of anilines is 1. The third-order valence-corrected chi connectivity index (χ3v) is 5.19. The number of nitrogens with one attached hydrogen (secondary N) is 2. The van der Waals surface area contributed by atoms with Crippen molar-refractivity contribution in [3.63, 3.8) is 0 Å². The monoisotopic (exact) mass is 414 g/mol. The highest BCUT2D eigenvalue weighted by Gasteiger charge is 2.17. The number of amides is 1. The van der Waals surface area contributed by atoms with Gasteiger partial charge in [0.1, 0.15) is 0 Å². The number of aryl methyl sites for hydroxylation is 1. The van der Waals surface area contributed by atoms with Gasteiger partial charge in [-0.25, -0.2) is 0 Å². The van der Waals surface area contributed by atoms with Crippen LogP contribution in [0.1, 0.15) is 28.1 Å². The van der Waals surface area contributed by atoms with Gasteiger partial charge in [0.05, 0.1) is 7.11 Å². The molecule has 4 aromatic rings. The van der Waals surface area contributed by atoms with Gasteiger partial charge in [0, 0.05) is 17.6 Å². The molecule has 5 nitrogen and oxygen atoms in total. The molecule has 0 bridgehead atoms. The molecule has 3 aromatic carbocycles. The molecule has 31 heavy (non-hydrogen) atoms. The van der Waals surface area contributed by atoms with Crippen molar-refractivity contribution in [1.82, 2.24) is 5.32 Å². The fourth-order valence-electron chi connectivity index (χ4n) is 3.58. The summed E-state index contributed by atoms with van der Waals surface area (Å²) < 4.78 is 11.3. The van der Waals surface area contributed by atoms with Crippen LogP contribution in [-0.2, 0) is 13.0 Å². The fraction of sp³-hybridized carbons (Fsp3) is 0.192. The smallest absolute Gasteiger partial charge is 0.291 e. The average Bonchev–Trinajstić information content (AvgIpc) is 3.26. The van der Waals surface area contributed by atoms with Gasteiger partial charge < -0.3 is 19.8 Å². The molecule has 4 rings (SSSR count). The van der Waals surface area contributed by atoms with Crippen LogP contribution in [0.15, 0.2) is 83.3 Å². The highest BCUT2D eigenvalue weighted by molar-refractivity contribution is 6.05. The largest absolute Gasteiger partial charge is 0.493 e. The second kappa shape index (κ2) is 9.96. The van der Waals surface area contributed by atoms with Gasteiger partial charge in [0.25, 0.3) is 5.91 Å². The summed E-state index contributed by atoms with van der Waals surface area (Å²) >= 11 is 0. The van der Waals surface area contributed by atoms with E-state index in [9.17, 15) is 4.79 Å². The van der Waals surface area contributed by atoms with Crippen LogP contribution in [-0.4, -0.2) is 19.6 Å². The van der Waals surface area contributed by atoms with E-state index in [0.717, 1.165) is 36.0 Å². The lowest BCUT2D eigenvalue weighted by molar-refractivity contribution is 0.0998. The topological polar surface area (TPSA) is 63.5 Å². The molecule has 158 valence electrons. The minimum Gasteiger partial charge on any atom is -0.493 e. The molecule has 0 aliphatic rings. The minimum atomic E-state index is -0.286. The number of ether oxygens (including phenoxy) is 1. The summed E-state index contributed by atoms with van der Waals surface area (Å²) in [5, 5.41) is 7.24. The van der Waals surface area contributed by atoms with E-state index < -0.39 is 0 Å². The predicted octanol–water partition coefficient (Wildman–Crippen LogP) is 5.42. The second-order valence-electron chi connectivity index (χ2n) is 7.37. The maximum absolute atomic E-state index is 12.7. The maximum atomic E-state index is 12.7. The molecule has 1 aromatic heterocycles. The Morgan fingerprint density at radius 3 is 2.45 bits per heavy atom. The van der Waals surface area contributed by atoms with Crippen molar-refractivity contribution in [3.05, 3.63) is 95.7 Å². The van der Waals surface area contributed by atoms with Gasteiger partial charge in [-0.15, -0.1) is 0 Å². The molecule has 0 saturated carbocycles. The molecule has 1 heterocycles. The number of benzene rings is 3. The van der Waals surface area contributed by atoms with E-state index in [4.69, 9.17) is 9.15 Å². The summed E-state index contributed by atoms with van der Waals surface area (Å²) in [7, 11) is 1.60. The van der Waals surface area contributed by atoms with Crippen LogP contribution in [0.2, 0.25) is 0 Å². The number of hydrogen-bond donors (Lipinski definition) is 2. The summed E-state index contributed by atoms with van der Waals surface area (Å²) in [5.41, 5.74) is 3.72. The van der Waals surface area contributed by atoms with Gasteiger partial charge >= 0.3 is 0 Å². The van der Waals surface area contributed by atoms with Crippen LogP contribution < -0.4 is 15.4 Å². The summed E-state index contributed by atoms with van der Waals surface area (Å²) in [6, 6.07) is 25.5. The molecule has 0 aliphatic carbocycles. The molecule has 1 amide bonds. The van der Waals surface area contributed by atoms with Gasteiger partial charge in [-0.3, -0.25) is 4.79 Å². The zero-order valence-electron chi connectivity index (χ0n) is 17.6. The Morgan fingerprint density at radius 1 is 0.968 bits per heavy atom. The summed E-state index contributed by atoms with van der Waals surface area (Å²) in [6.45, 7) is 1.59. The Kier molecular flexibility index (Phi) is 6.65. The zero-order valence-corrected chi connectivity index (χ0v) is 17.6. The lowest BCUT2D eigenvalue weighted by atomic mass is 10.1. The number of carbonyl (C=O) groups is 1. The number of furan rings is 1. The fourth-order valence-corrected chi connectivity index (χ4v) is 3.58. The number of rotatable bonds is 9. The van der Waals surface area contributed by atoms with E-state index >= 15 is 0 Å². The molecule has 2 N–H and O–H groups in total. The van der Waals surface area contributed by atoms with Gasteiger partial charge in [-0.2, -0.15) is 0 Å². The third kappa shape index (κ3) is 5.13. The van der Waals surface area contributed by atoms with Crippen LogP contribution >= 0.6 is 0 Å². The molecule has 0 atom stereocenters. The predicted molar refractivity (Wildman–Crippen MR) is 124 cm³/mol. The van der Waals surface area contributed by atoms with Crippen molar-refractivity contribution in [1.29, 1.82) is 0 Å². The number of fused-ring (bicyclic) bond motifs is 1. The van der Waals surface area contributed by atoms with Gasteiger partial charge in [-0.1, -0.05) is 54.6 Å². The van der Waals surface area contributed by atoms with E-state index in [1.807, 2.05) is 48.5 Å². The second-order valence-corrected chi connectivity index (χ2v) is 7.37. The van der Waals surface area contributed by atoms with Gasteiger partial charge in [0.15, 0.2) is 17.1 Å². The zero-order chi connectivity index (χ0) is 21.5. The number of carbonyl (C=O) groups excluding carboxylic acids is 1. The van der Waals surface area contributed by atoms with Crippen molar-refractivity contribution < 1.29 is 13.9 Å². The molecule has 0 radical (unpaired) electrons. The van der Waals surface area contributed by atoms with E-state index in [1.54, 1.807) is 13.2 Å². The van der Waals surface area contributed by atoms with Crippen molar-refractivity contribution in [2.24, 2.45) is 0 Å². The van der Waals surface area contributed by atoms with Gasteiger partial charge in [0.2, 0.25) is 0 Å². The van der Waals surface area contributed by atoms with E-state index in [0.29, 0.717) is 17.9 Å². The molecule has 0 aliphatic heterocycles. The van der Waals surface area contributed by atoms with E-state index in [-0.39, 0.29) is 11.7 Å². The van der Waals surface area contributed by atoms with Crippen LogP contribution in [0.5, 0.6) is 5.75 Å². The summed E-state index contributed by atoms with van der Waals surface area (Å²) in [6.07, 6.45) is 2.10. The summed E-state index contributed by atoms with van der Waals surface area (Å²) in [5.74, 6) is 0.585.